The minimum Gasteiger partial charge on any atom is -0.258 e. The number of hydrogen-bond acceptors (Lipinski definition) is 3. The fraction of sp³-hybridized carbons (Fsp3) is 0.0727. The summed E-state index contributed by atoms with van der Waals surface area (Å²) >= 11 is 0. The van der Waals surface area contributed by atoms with Crippen LogP contribution in [-0.4, -0.2) is 16.5 Å². The molecule has 1 aliphatic heterocycles. The van der Waals surface area contributed by atoms with Crippen LogP contribution in [-0.2, 0) is 5.41 Å². The molecule has 3 heteroatoms. The van der Waals surface area contributed by atoms with Gasteiger partial charge in [0.25, 0.3) is 0 Å². The second kappa shape index (κ2) is 14.4. The molecule has 58 heavy (non-hydrogen) atoms. The summed E-state index contributed by atoms with van der Waals surface area (Å²) in [5.41, 5.74) is 18.6. The lowest BCUT2D eigenvalue weighted by Crippen LogP contribution is -2.28. The van der Waals surface area contributed by atoms with Gasteiger partial charge in [-0.15, -0.1) is 0 Å². The molecular weight excluding hydrogens is 703 g/mol. The van der Waals surface area contributed by atoms with E-state index in [1.807, 2.05) is 25.1 Å². The molecule has 0 fully saturated rings. The standard InChI is InChI=1S/C55H41N3/c1-36-23-33-47(38(3)56-36)40-26-28-42(29-27-40)53-37(2)52(41-15-7-4-8-16-41)57-54(58-53)43-30-24-39(25-31-43)44-32-34-49-48-21-13-14-22-50(48)55(51(49)35-44,45-17-9-5-10-18-45)46-19-11-6-12-20-46/h4-35,53H,2H2,1,3H3. The third-order valence-corrected chi connectivity index (χ3v) is 11.8. The van der Waals surface area contributed by atoms with Gasteiger partial charge in [-0.3, -0.25) is 9.98 Å². The zero-order valence-corrected chi connectivity index (χ0v) is 32.6. The molecule has 0 N–H and O–H groups in total. The van der Waals surface area contributed by atoms with Crippen molar-refractivity contribution in [1.82, 2.24) is 4.98 Å². The number of pyridine rings is 1. The zero-order valence-electron chi connectivity index (χ0n) is 32.6. The smallest absolute Gasteiger partial charge is 0.156 e. The van der Waals surface area contributed by atoms with Crippen LogP contribution in [0.25, 0.3) is 33.4 Å². The molecule has 0 saturated carbocycles. The van der Waals surface area contributed by atoms with Crippen molar-refractivity contribution in [3.8, 4) is 33.4 Å². The van der Waals surface area contributed by atoms with E-state index < -0.39 is 5.41 Å². The Balaban J connectivity index is 1.05. The number of fused-ring (bicyclic) bond motifs is 3. The molecule has 8 aromatic rings. The number of aryl methyl sites for hydroxylation is 2. The third kappa shape index (κ3) is 5.86. The molecule has 2 heterocycles. The average Bonchev–Trinajstić information content (AvgIpc) is 3.58. The Hall–Kier alpha value is -7.23. The van der Waals surface area contributed by atoms with E-state index in [0.717, 1.165) is 56.1 Å². The zero-order chi connectivity index (χ0) is 39.2. The first kappa shape index (κ1) is 35.2. The van der Waals surface area contributed by atoms with Crippen molar-refractivity contribution in [1.29, 1.82) is 0 Å². The Morgan fingerprint density at radius 3 is 1.69 bits per heavy atom. The van der Waals surface area contributed by atoms with Crippen LogP contribution in [0.15, 0.2) is 216 Å². The van der Waals surface area contributed by atoms with E-state index in [0.29, 0.717) is 5.84 Å². The molecule has 1 atom stereocenters. The highest BCUT2D eigenvalue weighted by Crippen LogP contribution is 2.56. The molecule has 0 saturated heterocycles. The van der Waals surface area contributed by atoms with E-state index in [9.17, 15) is 0 Å². The van der Waals surface area contributed by atoms with Crippen LogP contribution in [0.2, 0.25) is 0 Å². The Kier molecular flexibility index (Phi) is 8.72. The molecule has 1 aromatic heterocycles. The van der Waals surface area contributed by atoms with E-state index >= 15 is 0 Å². The van der Waals surface area contributed by atoms with Gasteiger partial charge < -0.3 is 0 Å². The second-order valence-electron chi connectivity index (χ2n) is 15.3. The normalized spacial score (nSPS) is 15.3. The summed E-state index contributed by atoms with van der Waals surface area (Å²) < 4.78 is 0. The largest absolute Gasteiger partial charge is 0.258 e. The monoisotopic (exact) mass is 743 g/mol. The number of amidine groups is 1. The Morgan fingerprint density at radius 2 is 1.02 bits per heavy atom. The van der Waals surface area contributed by atoms with Crippen LogP contribution in [0.1, 0.15) is 56.4 Å². The number of hydrogen-bond donors (Lipinski definition) is 0. The van der Waals surface area contributed by atoms with Crippen molar-refractivity contribution in [3.05, 3.63) is 257 Å². The van der Waals surface area contributed by atoms with Gasteiger partial charge >= 0.3 is 0 Å². The molecule has 1 aliphatic carbocycles. The molecule has 276 valence electrons. The van der Waals surface area contributed by atoms with Crippen LogP contribution < -0.4 is 0 Å². The van der Waals surface area contributed by atoms with Gasteiger partial charge in [-0.25, -0.2) is 4.99 Å². The van der Waals surface area contributed by atoms with E-state index in [-0.39, 0.29) is 6.04 Å². The van der Waals surface area contributed by atoms with Crippen LogP contribution in [0.4, 0.5) is 0 Å². The highest BCUT2D eigenvalue weighted by molar-refractivity contribution is 6.21. The van der Waals surface area contributed by atoms with Gasteiger partial charge in [0.05, 0.1) is 11.1 Å². The summed E-state index contributed by atoms with van der Waals surface area (Å²) in [4.78, 5) is 15.2. The lowest BCUT2D eigenvalue weighted by atomic mass is 9.67. The number of aromatic nitrogens is 1. The fourth-order valence-corrected chi connectivity index (χ4v) is 9.07. The van der Waals surface area contributed by atoms with Gasteiger partial charge in [0, 0.05) is 33.7 Å². The maximum absolute atomic E-state index is 5.29. The van der Waals surface area contributed by atoms with Crippen molar-refractivity contribution in [3.63, 3.8) is 0 Å². The van der Waals surface area contributed by atoms with Crippen LogP contribution >= 0.6 is 0 Å². The number of nitrogens with zero attached hydrogens (tertiary/aromatic N) is 3. The molecule has 7 aromatic carbocycles. The predicted molar refractivity (Wildman–Crippen MR) is 240 cm³/mol. The average molecular weight is 744 g/mol. The fourth-order valence-electron chi connectivity index (χ4n) is 9.07. The summed E-state index contributed by atoms with van der Waals surface area (Å²) in [5, 5.41) is 0. The quantitative estimate of drug-likeness (QED) is 0.160. The Morgan fingerprint density at radius 1 is 0.466 bits per heavy atom. The minimum absolute atomic E-state index is 0.281. The summed E-state index contributed by atoms with van der Waals surface area (Å²) in [5.74, 6) is 0.696. The van der Waals surface area contributed by atoms with Crippen LogP contribution in [0, 0.1) is 13.8 Å². The summed E-state index contributed by atoms with van der Waals surface area (Å²) in [7, 11) is 0. The van der Waals surface area contributed by atoms with Crippen molar-refractivity contribution in [2.24, 2.45) is 9.98 Å². The van der Waals surface area contributed by atoms with Crippen molar-refractivity contribution in [2.75, 3.05) is 0 Å². The van der Waals surface area contributed by atoms with Gasteiger partial charge in [0.2, 0.25) is 0 Å². The van der Waals surface area contributed by atoms with Gasteiger partial charge in [-0.2, -0.15) is 0 Å². The summed E-state index contributed by atoms with van der Waals surface area (Å²) in [6.07, 6.45) is 0. The Bertz CT molecular complexity index is 2850. The van der Waals surface area contributed by atoms with Crippen LogP contribution in [0.3, 0.4) is 0 Å². The van der Waals surface area contributed by atoms with E-state index in [1.165, 1.54) is 38.9 Å². The minimum atomic E-state index is -0.449. The highest BCUT2D eigenvalue weighted by atomic mass is 15.0. The lowest BCUT2D eigenvalue weighted by molar-refractivity contribution is 0.769. The number of benzene rings is 7. The Labute approximate surface area is 340 Å². The SMILES string of the molecule is C=C1C(c2ccccc2)=NC(c2ccc(-c3ccc4c(c3)C(c3ccccc3)(c3ccccc3)c3ccccc3-4)cc2)=NC1c1ccc(-c2ccc(C)nc2C)cc1. The maximum atomic E-state index is 5.29. The molecule has 1 unspecified atom stereocenters. The molecular formula is C55H41N3. The molecule has 0 amide bonds. The summed E-state index contributed by atoms with van der Waals surface area (Å²) in [6.45, 7) is 8.66. The molecule has 3 nitrogen and oxygen atoms in total. The van der Waals surface area contributed by atoms with Crippen molar-refractivity contribution < 1.29 is 0 Å². The topological polar surface area (TPSA) is 37.6 Å². The molecule has 0 spiro atoms. The number of aliphatic imine (C=N–C) groups is 2. The van der Waals surface area contributed by atoms with E-state index in [2.05, 4.69) is 189 Å². The number of rotatable bonds is 7. The summed E-state index contributed by atoms with van der Waals surface area (Å²) in [6, 6.07) is 69.4. The first-order valence-electron chi connectivity index (χ1n) is 19.9. The van der Waals surface area contributed by atoms with Gasteiger partial charge in [0.15, 0.2) is 5.84 Å². The molecule has 10 rings (SSSR count). The third-order valence-electron chi connectivity index (χ3n) is 11.8. The first-order chi connectivity index (χ1) is 28.5. The van der Waals surface area contributed by atoms with Crippen molar-refractivity contribution >= 4 is 11.5 Å². The van der Waals surface area contributed by atoms with Gasteiger partial charge in [-0.05, 0) is 81.6 Å². The van der Waals surface area contributed by atoms with Gasteiger partial charge in [-0.1, -0.05) is 189 Å². The first-order valence-corrected chi connectivity index (χ1v) is 19.9. The maximum Gasteiger partial charge on any atom is 0.156 e. The van der Waals surface area contributed by atoms with Gasteiger partial charge in [0.1, 0.15) is 6.04 Å². The van der Waals surface area contributed by atoms with Crippen molar-refractivity contribution in [2.45, 2.75) is 25.3 Å². The van der Waals surface area contributed by atoms with E-state index in [4.69, 9.17) is 15.0 Å². The van der Waals surface area contributed by atoms with E-state index in [1.54, 1.807) is 0 Å². The second-order valence-corrected chi connectivity index (χ2v) is 15.3. The highest BCUT2D eigenvalue weighted by Gasteiger charge is 2.46. The molecule has 2 aliphatic rings. The molecule has 0 radical (unpaired) electrons. The van der Waals surface area contributed by atoms with Crippen LogP contribution in [0.5, 0.6) is 0 Å². The lowest BCUT2D eigenvalue weighted by Gasteiger charge is -2.34. The molecule has 0 bridgehead atoms. The predicted octanol–water partition coefficient (Wildman–Crippen LogP) is 12.9.